The summed E-state index contributed by atoms with van der Waals surface area (Å²) in [5.41, 5.74) is 1.51. The molecule has 0 radical (unpaired) electrons. The van der Waals surface area contributed by atoms with Gasteiger partial charge in [0.15, 0.2) is 0 Å². The molecule has 0 atom stereocenters. The lowest BCUT2D eigenvalue weighted by molar-refractivity contribution is 0.0957. The number of fused-ring (bicyclic) bond motifs is 1. The van der Waals surface area contributed by atoms with E-state index in [9.17, 15) is 4.79 Å². The van der Waals surface area contributed by atoms with Crippen LogP contribution in [0.3, 0.4) is 0 Å². The predicted molar refractivity (Wildman–Crippen MR) is 108 cm³/mol. The second kappa shape index (κ2) is 12.4. The number of benzene rings is 1. The smallest absolute Gasteiger partial charge is 0.267 e. The second-order valence-corrected chi connectivity index (χ2v) is 7.05. The van der Waals surface area contributed by atoms with E-state index in [1.54, 1.807) is 6.08 Å². The van der Waals surface area contributed by atoms with Crippen LogP contribution >= 0.6 is 0 Å². The van der Waals surface area contributed by atoms with Crippen molar-refractivity contribution in [2.75, 3.05) is 0 Å². The first-order valence-corrected chi connectivity index (χ1v) is 10.3. The normalized spacial score (nSPS) is 11.6. The molecule has 0 aliphatic rings. The molecule has 0 amide bonds. The Hall–Kier alpha value is -1.97. The molecule has 0 aliphatic carbocycles. The van der Waals surface area contributed by atoms with Gasteiger partial charge in [-0.15, -0.1) is 5.10 Å². The quantitative estimate of drug-likeness (QED) is 0.311. The molecule has 0 saturated heterocycles. The molecule has 2 aromatic rings. The fourth-order valence-corrected chi connectivity index (χ4v) is 3.21. The van der Waals surface area contributed by atoms with Crippen LogP contribution in [0.5, 0.6) is 0 Å². The second-order valence-electron chi connectivity index (χ2n) is 7.05. The molecule has 26 heavy (non-hydrogen) atoms. The van der Waals surface area contributed by atoms with Gasteiger partial charge in [-0.25, -0.2) is 0 Å². The average molecular weight is 356 g/mol. The molecule has 0 N–H and O–H groups in total. The van der Waals surface area contributed by atoms with Crippen LogP contribution in [0.1, 0.15) is 88.8 Å². The van der Waals surface area contributed by atoms with Gasteiger partial charge in [0.25, 0.3) is 5.91 Å². The van der Waals surface area contributed by atoms with Crippen molar-refractivity contribution < 1.29 is 4.79 Å². The fraction of sp³-hybridized carbons (Fsp3) is 0.591. The number of allylic oxidation sites excluding steroid dienone is 2. The minimum Gasteiger partial charge on any atom is -0.267 e. The van der Waals surface area contributed by atoms with E-state index < -0.39 is 0 Å². The molecule has 1 aromatic carbocycles. The predicted octanol–water partition coefficient (Wildman–Crippen LogP) is 6.33. The highest BCUT2D eigenvalue weighted by molar-refractivity contribution is 5.95. The monoisotopic (exact) mass is 355 g/mol. The van der Waals surface area contributed by atoms with Crippen molar-refractivity contribution in [1.82, 2.24) is 15.0 Å². The molecule has 142 valence electrons. The maximum atomic E-state index is 12.2. The summed E-state index contributed by atoms with van der Waals surface area (Å²) in [4.78, 5) is 12.2. The highest BCUT2D eigenvalue weighted by atomic mass is 16.2. The number of unbranched alkanes of at least 4 members (excludes halogenated alkanes) is 11. The van der Waals surface area contributed by atoms with Crippen LogP contribution in [-0.2, 0) is 0 Å². The number of nitrogens with zero attached hydrogens (tertiary/aromatic N) is 3. The van der Waals surface area contributed by atoms with Gasteiger partial charge in [0.05, 0.1) is 5.52 Å². The van der Waals surface area contributed by atoms with E-state index in [2.05, 4.69) is 17.2 Å². The Morgan fingerprint density at radius 3 is 2.23 bits per heavy atom. The maximum Gasteiger partial charge on any atom is 0.272 e. The van der Waals surface area contributed by atoms with E-state index >= 15 is 0 Å². The molecule has 4 nitrogen and oxygen atoms in total. The summed E-state index contributed by atoms with van der Waals surface area (Å²) in [6.45, 7) is 2.27. The van der Waals surface area contributed by atoms with Gasteiger partial charge in [0, 0.05) is 6.08 Å². The molecule has 0 unspecified atom stereocenters. The first-order chi connectivity index (χ1) is 12.8. The van der Waals surface area contributed by atoms with Gasteiger partial charge in [0.1, 0.15) is 5.52 Å². The van der Waals surface area contributed by atoms with Gasteiger partial charge in [0.2, 0.25) is 0 Å². The van der Waals surface area contributed by atoms with Crippen molar-refractivity contribution in [1.29, 1.82) is 0 Å². The molecule has 0 aliphatic heterocycles. The summed E-state index contributed by atoms with van der Waals surface area (Å²) in [6.07, 6.45) is 19.3. The van der Waals surface area contributed by atoms with Crippen LogP contribution < -0.4 is 0 Å². The summed E-state index contributed by atoms with van der Waals surface area (Å²) in [6, 6.07) is 7.52. The summed E-state index contributed by atoms with van der Waals surface area (Å²) >= 11 is 0. The molecule has 2 rings (SSSR count). The first-order valence-electron chi connectivity index (χ1n) is 10.3. The van der Waals surface area contributed by atoms with Crippen molar-refractivity contribution in [3.63, 3.8) is 0 Å². The zero-order chi connectivity index (χ0) is 18.5. The van der Waals surface area contributed by atoms with Gasteiger partial charge in [-0.3, -0.25) is 4.79 Å². The largest absolute Gasteiger partial charge is 0.272 e. The van der Waals surface area contributed by atoms with Crippen molar-refractivity contribution in [2.45, 2.75) is 84.0 Å². The standard InChI is InChI=1S/C22H33N3O/c1-2-3-4-5-6-7-8-9-10-11-12-13-14-19-22(26)25-21-18-16-15-17-20(21)23-24-25/h14-19H,2-13H2,1H3/b19-14+. The van der Waals surface area contributed by atoms with Gasteiger partial charge < -0.3 is 0 Å². The highest BCUT2D eigenvalue weighted by Gasteiger charge is 2.07. The maximum absolute atomic E-state index is 12.2. The van der Waals surface area contributed by atoms with E-state index in [1.807, 2.05) is 30.3 Å². The molecular weight excluding hydrogens is 322 g/mol. The number of hydrogen-bond donors (Lipinski definition) is 0. The number of aromatic nitrogens is 3. The Bertz CT molecular complexity index is 675. The van der Waals surface area contributed by atoms with Crippen molar-refractivity contribution in [3.8, 4) is 0 Å². The summed E-state index contributed by atoms with van der Waals surface area (Å²) in [5.74, 6) is -0.123. The van der Waals surface area contributed by atoms with Crippen LogP contribution in [0.2, 0.25) is 0 Å². The number of carbonyl (C=O) groups is 1. The number of carbonyl (C=O) groups excluding carboxylic acids is 1. The van der Waals surface area contributed by atoms with Crippen LogP contribution in [0, 0.1) is 0 Å². The van der Waals surface area contributed by atoms with Gasteiger partial charge in [-0.2, -0.15) is 4.68 Å². The van der Waals surface area contributed by atoms with Crippen LogP contribution in [0.15, 0.2) is 36.4 Å². The van der Waals surface area contributed by atoms with E-state index in [1.165, 1.54) is 68.9 Å². The highest BCUT2D eigenvalue weighted by Crippen LogP contribution is 2.12. The Kier molecular flexibility index (Phi) is 9.70. The van der Waals surface area contributed by atoms with Crippen LogP contribution in [0.25, 0.3) is 11.0 Å². The third-order valence-electron chi connectivity index (χ3n) is 4.80. The Morgan fingerprint density at radius 2 is 1.54 bits per heavy atom. The lowest BCUT2D eigenvalue weighted by atomic mass is 10.1. The molecule has 4 heteroatoms. The van der Waals surface area contributed by atoms with Crippen LogP contribution in [-0.4, -0.2) is 20.9 Å². The molecule has 1 aromatic heterocycles. The Morgan fingerprint density at radius 1 is 0.923 bits per heavy atom. The molecule has 0 fully saturated rings. The van der Waals surface area contributed by atoms with Crippen molar-refractivity contribution >= 4 is 16.9 Å². The molecule has 0 saturated carbocycles. The SMILES string of the molecule is CCCCCCCCCCCCC/C=C/C(=O)n1nnc2ccccc21. The summed E-state index contributed by atoms with van der Waals surface area (Å²) < 4.78 is 1.37. The number of para-hydroxylation sites is 1. The van der Waals surface area contributed by atoms with Crippen molar-refractivity contribution in [3.05, 3.63) is 36.4 Å². The lowest BCUT2D eigenvalue weighted by Gasteiger charge is -2.01. The topological polar surface area (TPSA) is 47.8 Å². The average Bonchev–Trinajstić information content (AvgIpc) is 3.09. The third kappa shape index (κ3) is 7.11. The molecular formula is C22H33N3O. The lowest BCUT2D eigenvalue weighted by Crippen LogP contribution is -2.08. The van der Waals surface area contributed by atoms with Gasteiger partial charge in [-0.1, -0.05) is 94.6 Å². The number of rotatable bonds is 13. The Balaban J connectivity index is 1.51. The molecule has 0 bridgehead atoms. The zero-order valence-corrected chi connectivity index (χ0v) is 16.2. The minimum atomic E-state index is -0.123. The van der Waals surface area contributed by atoms with E-state index in [4.69, 9.17) is 0 Å². The molecule has 1 heterocycles. The molecule has 0 spiro atoms. The third-order valence-corrected chi connectivity index (χ3v) is 4.80. The fourth-order valence-electron chi connectivity index (χ4n) is 3.21. The van der Waals surface area contributed by atoms with E-state index in [0.29, 0.717) is 0 Å². The Labute approximate surface area is 157 Å². The first kappa shape index (κ1) is 20.3. The van der Waals surface area contributed by atoms with Gasteiger partial charge in [-0.05, 0) is 25.0 Å². The summed E-state index contributed by atoms with van der Waals surface area (Å²) in [5, 5.41) is 7.95. The summed E-state index contributed by atoms with van der Waals surface area (Å²) in [7, 11) is 0. The number of hydrogen-bond acceptors (Lipinski definition) is 3. The van der Waals surface area contributed by atoms with E-state index in [0.717, 1.165) is 23.9 Å². The van der Waals surface area contributed by atoms with E-state index in [-0.39, 0.29) is 5.91 Å². The van der Waals surface area contributed by atoms with Gasteiger partial charge >= 0.3 is 0 Å². The van der Waals surface area contributed by atoms with Crippen molar-refractivity contribution in [2.24, 2.45) is 0 Å². The minimum absolute atomic E-state index is 0.123. The zero-order valence-electron chi connectivity index (χ0n) is 16.2. The van der Waals surface area contributed by atoms with Crippen LogP contribution in [0.4, 0.5) is 0 Å².